The van der Waals surface area contributed by atoms with Gasteiger partial charge in [-0.25, -0.2) is 9.78 Å². The SMILES string of the molecule is Cc1noc(-c2ccc(NC(=O)NCC3CCCCS3)cn2)n1. The lowest BCUT2D eigenvalue weighted by molar-refractivity contribution is 0.252. The van der Waals surface area contributed by atoms with Gasteiger partial charge in [0, 0.05) is 11.8 Å². The first kappa shape index (κ1) is 15.8. The van der Waals surface area contributed by atoms with Gasteiger partial charge in [0.15, 0.2) is 5.82 Å². The van der Waals surface area contributed by atoms with Crippen LogP contribution >= 0.6 is 11.8 Å². The maximum atomic E-state index is 11.9. The van der Waals surface area contributed by atoms with E-state index < -0.39 is 0 Å². The van der Waals surface area contributed by atoms with E-state index in [0.29, 0.717) is 34.9 Å². The van der Waals surface area contributed by atoms with Crippen LogP contribution in [-0.2, 0) is 0 Å². The van der Waals surface area contributed by atoms with E-state index in [4.69, 9.17) is 4.52 Å². The van der Waals surface area contributed by atoms with Crippen molar-refractivity contribution >= 4 is 23.5 Å². The number of urea groups is 1. The molecule has 122 valence electrons. The van der Waals surface area contributed by atoms with E-state index >= 15 is 0 Å². The van der Waals surface area contributed by atoms with Crippen LogP contribution in [0, 0.1) is 6.92 Å². The first-order valence-corrected chi connectivity index (χ1v) is 8.69. The number of aromatic nitrogens is 3. The zero-order valence-electron chi connectivity index (χ0n) is 12.9. The zero-order valence-corrected chi connectivity index (χ0v) is 13.7. The number of amides is 2. The van der Waals surface area contributed by atoms with Crippen LogP contribution in [0.15, 0.2) is 22.9 Å². The first-order valence-electron chi connectivity index (χ1n) is 7.64. The molecular weight excluding hydrogens is 314 g/mol. The van der Waals surface area contributed by atoms with Gasteiger partial charge in [0.25, 0.3) is 5.89 Å². The number of rotatable bonds is 4. The Labute approximate surface area is 138 Å². The minimum Gasteiger partial charge on any atom is -0.337 e. The molecule has 0 saturated carbocycles. The second kappa shape index (κ2) is 7.45. The summed E-state index contributed by atoms with van der Waals surface area (Å²) in [5, 5.41) is 9.94. The van der Waals surface area contributed by atoms with Crippen LogP contribution in [0.1, 0.15) is 25.1 Å². The molecule has 1 unspecified atom stereocenters. The topological polar surface area (TPSA) is 92.9 Å². The van der Waals surface area contributed by atoms with Crippen molar-refractivity contribution in [2.45, 2.75) is 31.4 Å². The van der Waals surface area contributed by atoms with Crippen LogP contribution in [0.3, 0.4) is 0 Å². The van der Waals surface area contributed by atoms with Crippen molar-refractivity contribution < 1.29 is 9.32 Å². The molecule has 0 aromatic carbocycles. The van der Waals surface area contributed by atoms with Gasteiger partial charge in [-0.15, -0.1) is 0 Å². The van der Waals surface area contributed by atoms with Gasteiger partial charge in [0.2, 0.25) is 0 Å². The van der Waals surface area contributed by atoms with E-state index in [1.807, 2.05) is 11.8 Å². The van der Waals surface area contributed by atoms with E-state index in [1.54, 1.807) is 25.3 Å². The second-order valence-corrected chi connectivity index (χ2v) is 6.81. The number of anilines is 1. The fourth-order valence-corrected chi connectivity index (χ4v) is 3.58. The highest BCUT2D eigenvalue weighted by Gasteiger charge is 2.15. The van der Waals surface area contributed by atoms with Gasteiger partial charge < -0.3 is 15.2 Å². The molecule has 1 saturated heterocycles. The zero-order chi connectivity index (χ0) is 16.1. The van der Waals surface area contributed by atoms with Crippen LogP contribution in [0.2, 0.25) is 0 Å². The Morgan fingerprint density at radius 3 is 3.00 bits per heavy atom. The van der Waals surface area contributed by atoms with E-state index in [2.05, 4.69) is 25.8 Å². The number of carbonyl (C=O) groups excluding carboxylic acids is 1. The average Bonchev–Trinajstić information content (AvgIpc) is 3.01. The van der Waals surface area contributed by atoms with Crippen molar-refractivity contribution in [2.75, 3.05) is 17.6 Å². The van der Waals surface area contributed by atoms with E-state index in [-0.39, 0.29) is 6.03 Å². The lowest BCUT2D eigenvalue weighted by Crippen LogP contribution is -2.35. The monoisotopic (exact) mass is 333 g/mol. The lowest BCUT2D eigenvalue weighted by atomic mass is 10.2. The van der Waals surface area contributed by atoms with Crippen LogP contribution in [0.4, 0.5) is 10.5 Å². The summed E-state index contributed by atoms with van der Waals surface area (Å²) in [5.74, 6) is 2.12. The predicted octanol–water partition coefficient (Wildman–Crippen LogP) is 2.85. The van der Waals surface area contributed by atoms with Gasteiger partial charge in [-0.2, -0.15) is 16.7 Å². The molecule has 2 amide bonds. The van der Waals surface area contributed by atoms with Crippen molar-refractivity contribution in [3.63, 3.8) is 0 Å². The maximum Gasteiger partial charge on any atom is 0.319 e. The Bertz CT molecular complexity index is 652. The Hall–Kier alpha value is -2.09. The van der Waals surface area contributed by atoms with Gasteiger partial charge in [-0.3, -0.25) is 0 Å². The molecule has 1 aliphatic rings. The molecule has 0 bridgehead atoms. The molecular formula is C15H19N5O2S. The maximum absolute atomic E-state index is 11.9. The number of nitrogens with zero attached hydrogens (tertiary/aromatic N) is 3. The Morgan fingerprint density at radius 2 is 2.35 bits per heavy atom. The summed E-state index contributed by atoms with van der Waals surface area (Å²) in [5.41, 5.74) is 1.20. The highest BCUT2D eigenvalue weighted by atomic mass is 32.2. The largest absolute Gasteiger partial charge is 0.337 e. The Kier molecular flexibility index (Phi) is 5.12. The quantitative estimate of drug-likeness (QED) is 0.894. The van der Waals surface area contributed by atoms with Gasteiger partial charge in [-0.1, -0.05) is 11.6 Å². The van der Waals surface area contributed by atoms with Crippen LogP contribution in [-0.4, -0.2) is 38.7 Å². The predicted molar refractivity (Wildman–Crippen MR) is 89.4 cm³/mol. The summed E-state index contributed by atoms with van der Waals surface area (Å²) in [6.07, 6.45) is 5.28. The molecule has 0 radical (unpaired) electrons. The van der Waals surface area contributed by atoms with Gasteiger partial charge in [0.1, 0.15) is 5.69 Å². The minimum absolute atomic E-state index is 0.209. The summed E-state index contributed by atoms with van der Waals surface area (Å²) in [7, 11) is 0. The number of hydrogen-bond acceptors (Lipinski definition) is 6. The van der Waals surface area contributed by atoms with E-state index in [0.717, 1.165) is 0 Å². The molecule has 2 aromatic heterocycles. The molecule has 2 aromatic rings. The number of thioether (sulfide) groups is 1. The van der Waals surface area contributed by atoms with E-state index in [1.165, 1.54) is 25.0 Å². The van der Waals surface area contributed by atoms with Crippen molar-refractivity contribution in [1.29, 1.82) is 0 Å². The highest BCUT2D eigenvalue weighted by molar-refractivity contribution is 7.99. The summed E-state index contributed by atoms with van der Waals surface area (Å²) in [4.78, 5) is 20.2. The van der Waals surface area contributed by atoms with Crippen molar-refractivity contribution in [3.8, 4) is 11.6 Å². The van der Waals surface area contributed by atoms with Crippen molar-refractivity contribution in [2.24, 2.45) is 0 Å². The molecule has 0 spiro atoms. The molecule has 1 aliphatic heterocycles. The average molecular weight is 333 g/mol. The molecule has 3 heterocycles. The van der Waals surface area contributed by atoms with Crippen LogP contribution in [0.5, 0.6) is 0 Å². The number of carbonyl (C=O) groups is 1. The van der Waals surface area contributed by atoms with Gasteiger partial charge in [0.05, 0.1) is 11.9 Å². The summed E-state index contributed by atoms with van der Waals surface area (Å²) in [6.45, 7) is 2.45. The van der Waals surface area contributed by atoms with Crippen molar-refractivity contribution in [1.82, 2.24) is 20.4 Å². The summed E-state index contributed by atoms with van der Waals surface area (Å²) in [6, 6.07) is 3.29. The number of hydrogen-bond donors (Lipinski definition) is 2. The fourth-order valence-electron chi connectivity index (χ4n) is 2.35. The van der Waals surface area contributed by atoms with Gasteiger partial charge >= 0.3 is 6.03 Å². The lowest BCUT2D eigenvalue weighted by Gasteiger charge is -2.21. The molecule has 7 nitrogen and oxygen atoms in total. The number of nitrogens with one attached hydrogen (secondary N) is 2. The highest BCUT2D eigenvalue weighted by Crippen LogP contribution is 2.24. The standard InChI is InChI=1S/C15H19N5O2S/c1-10-18-14(22-20-10)13-6-5-11(8-16-13)19-15(21)17-9-12-4-2-3-7-23-12/h5-6,8,12H,2-4,7,9H2,1H3,(H2,17,19,21). The Morgan fingerprint density at radius 1 is 1.43 bits per heavy atom. The first-order chi connectivity index (χ1) is 11.2. The van der Waals surface area contributed by atoms with E-state index in [9.17, 15) is 4.79 Å². The van der Waals surface area contributed by atoms with Crippen LogP contribution in [0.25, 0.3) is 11.6 Å². The molecule has 3 rings (SSSR count). The molecule has 0 aliphatic carbocycles. The molecule has 1 atom stereocenters. The number of pyridine rings is 1. The summed E-state index contributed by atoms with van der Waals surface area (Å²) >= 11 is 1.93. The van der Waals surface area contributed by atoms with Crippen molar-refractivity contribution in [3.05, 3.63) is 24.2 Å². The molecule has 8 heteroatoms. The molecule has 1 fully saturated rings. The summed E-state index contributed by atoms with van der Waals surface area (Å²) < 4.78 is 5.05. The molecule has 23 heavy (non-hydrogen) atoms. The van der Waals surface area contributed by atoms with Crippen LogP contribution < -0.4 is 10.6 Å². The van der Waals surface area contributed by atoms with Gasteiger partial charge in [-0.05, 0) is 37.7 Å². The second-order valence-electron chi connectivity index (χ2n) is 5.40. The minimum atomic E-state index is -0.209. The fraction of sp³-hybridized carbons (Fsp3) is 0.467. The smallest absolute Gasteiger partial charge is 0.319 e. The normalized spacial score (nSPS) is 17.7. The third kappa shape index (κ3) is 4.44. The Balaban J connectivity index is 1.50. The third-order valence-electron chi connectivity index (χ3n) is 3.53. The molecule has 2 N–H and O–H groups in total. The third-order valence-corrected chi connectivity index (χ3v) is 4.93. The number of aryl methyl sites for hydroxylation is 1.